The molecular formula is C14H32N4. The molecule has 1 aliphatic rings. The smallest absolute Gasteiger partial charge is 0.0221 e. The van der Waals surface area contributed by atoms with Gasteiger partial charge in [-0.1, -0.05) is 13.8 Å². The predicted molar refractivity (Wildman–Crippen MR) is 79.1 cm³/mol. The fraction of sp³-hybridized carbons (Fsp3) is 1.00. The van der Waals surface area contributed by atoms with Gasteiger partial charge in [0.05, 0.1) is 0 Å². The quantitative estimate of drug-likeness (QED) is 0.388. The molecule has 0 aromatic heterocycles. The fourth-order valence-corrected chi connectivity index (χ4v) is 2.34. The molecule has 0 radical (unpaired) electrons. The van der Waals surface area contributed by atoms with E-state index < -0.39 is 0 Å². The molecule has 4 nitrogen and oxygen atoms in total. The summed E-state index contributed by atoms with van der Waals surface area (Å²) in [6.45, 7) is 11.0. The normalized spacial score (nSPS) is 23.0. The van der Waals surface area contributed by atoms with Gasteiger partial charge in [-0.05, 0) is 65.0 Å². The summed E-state index contributed by atoms with van der Waals surface area (Å²) in [5.41, 5.74) is 0. The van der Waals surface area contributed by atoms with Crippen LogP contribution in [0.2, 0.25) is 0 Å². The Bertz CT molecular complexity index is 167. The van der Waals surface area contributed by atoms with Crippen molar-refractivity contribution < 1.29 is 0 Å². The van der Waals surface area contributed by atoms with Crippen molar-refractivity contribution >= 4 is 0 Å². The molecule has 0 aromatic carbocycles. The lowest BCUT2D eigenvalue weighted by atomic mass is 9.86. The second-order valence-corrected chi connectivity index (χ2v) is 5.11. The molecule has 4 heteroatoms. The van der Waals surface area contributed by atoms with Crippen LogP contribution in [0.15, 0.2) is 0 Å². The molecule has 1 fully saturated rings. The largest absolute Gasteiger partial charge is 0.317 e. The van der Waals surface area contributed by atoms with Crippen molar-refractivity contribution in [2.45, 2.75) is 51.6 Å². The van der Waals surface area contributed by atoms with Crippen molar-refractivity contribution in [3.63, 3.8) is 0 Å². The van der Waals surface area contributed by atoms with Crippen molar-refractivity contribution in [2.75, 3.05) is 39.3 Å². The minimum Gasteiger partial charge on any atom is -0.317 e. The molecule has 1 saturated carbocycles. The Kier molecular flexibility index (Phi) is 9.48. The van der Waals surface area contributed by atoms with E-state index >= 15 is 0 Å². The molecule has 0 aliphatic heterocycles. The monoisotopic (exact) mass is 256 g/mol. The molecule has 2 atom stereocenters. The zero-order chi connectivity index (χ0) is 13.1. The summed E-state index contributed by atoms with van der Waals surface area (Å²) in [5.74, 6) is 0. The average molecular weight is 256 g/mol. The van der Waals surface area contributed by atoms with Crippen LogP contribution in [-0.4, -0.2) is 51.4 Å². The first-order valence-corrected chi connectivity index (χ1v) is 7.76. The summed E-state index contributed by atoms with van der Waals surface area (Å²) in [6.07, 6.45) is 5.15. The molecule has 0 aromatic rings. The Hall–Kier alpha value is -0.160. The molecule has 0 saturated heterocycles. The predicted octanol–water partition coefficient (Wildman–Crippen LogP) is 0.696. The molecule has 108 valence electrons. The van der Waals surface area contributed by atoms with Crippen LogP contribution in [0, 0.1) is 0 Å². The van der Waals surface area contributed by atoms with Crippen molar-refractivity contribution in [1.82, 2.24) is 21.3 Å². The van der Waals surface area contributed by atoms with Gasteiger partial charge in [0, 0.05) is 12.1 Å². The van der Waals surface area contributed by atoms with Crippen LogP contribution in [0.4, 0.5) is 0 Å². The van der Waals surface area contributed by atoms with Crippen LogP contribution in [0.25, 0.3) is 0 Å². The highest BCUT2D eigenvalue weighted by Gasteiger charge is 2.29. The van der Waals surface area contributed by atoms with Crippen molar-refractivity contribution in [1.29, 1.82) is 0 Å². The highest BCUT2D eigenvalue weighted by Crippen LogP contribution is 2.19. The Morgan fingerprint density at radius 1 is 0.722 bits per heavy atom. The number of hydrogen-bond acceptors (Lipinski definition) is 4. The van der Waals surface area contributed by atoms with Crippen molar-refractivity contribution in [2.24, 2.45) is 0 Å². The van der Waals surface area contributed by atoms with Gasteiger partial charge in [0.1, 0.15) is 0 Å². The van der Waals surface area contributed by atoms with Gasteiger partial charge in [-0.3, -0.25) is 0 Å². The maximum absolute atomic E-state index is 3.66. The second-order valence-electron chi connectivity index (χ2n) is 5.11. The van der Waals surface area contributed by atoms with Gasteiger partial charge in [-0.15, -0.1) is 0 Å². The van der Waals surface area contributed by atoms with E-state index in [1.807, 2.05) is 0 Å². The van der Waals surface area contributed by atoms with Crippen LogP contribution in [0.3, 0.4) is 0 Å². The molecule has 1 rings (SSSR count). The van der Waals surface area contributed by atoms with E-state index in [4.69, 9.17) is 0 Å². The van der Waals surface area contributed by atoms with Gasteiger partial charge in [-0.25, -0.2) is 0 Å². The molecule has 0 heterocycles. The summed E-state index contributed by atoms with van der Waals surface area (Å²) in [5, 5.41) is 14.0. The first-order chi connectivity index (χ1) is 8.88. The van der Waals surface area contributed by atoms with Gasteiger partial charge in [0.2, 0.25) is 0 Å². The molecule has 1 aliphatic carbocycles. The zero-order valence-corrected chi connectivity index (χ0v) is 12.2. The van der Waals surface area contributed by atoms with Crippen molar-refractivity contribution in [3.05, 3.63) is 0 Å². The van der Waals surface area contributed by atoms with Crippen LogP contribution in [0.5, 0.6) is 0 Å². The zero-order valence-electron chi connectivity index (χ0n) is 12.2. The lowest BCUT2D eigenvalue weighted by Gasteiger charge is -2.38. The van der Waals surface area contributed by atoms with E-state index in [2.05, 4.69) is 35.1 Å². The van der Waals surface area contributed by atoms with Crippen molar-refractivity contribution in [3.8, 4) is 0 Å². The number of rotatable bonds is 12. The van der Waals surface area contributed by atoms with Gasteiger partial charge >= 0.3 is 0 Å². The van der Waals surface area contributed by atoms with Gasteiger partial charge in [-0.2, -0.15) is 0 Å². The minimum absolute atomic E-state index is 0.714. The van der Waals surface area contributed by atoms with E-state index in [1.165, 1.54) is 25.7 Å². The van der Waals surface area contributed by atoms with E-state index in [9.17, 15) is 0 Å². The van der Waals surface area contributed by atoms with E-state index in [1.54, 1.807) is 0 Å². The molecule has 0 spiro atoms. The third-order valence-electron chi connectivity index (χ3n) is 3.65. The molecular weight excluding hydrogens is 224 g/mol. The maximum atomic E-state index is 3.66. The number of hydrogen-bond donors (Lipinski definition) is 4. The maximum Gasteiger partial charge on any atom is 0.0221 e. The summed E-state index contributed by atoms with van der Waals surface area (Å²) >= 11 is 0. The van der Waals surface area contributed by atoms with Gasteiger partial charge < -0.3 is 21.3 Å². The van der Waals surface area contributed by atoms with Crippen LogP contribution in [-0.2, 0) is 0 Å². The molecule has 0 bridgehead atoms. The first-order valence-electron chi connectivity index (χ1n) is 7.76. The van der Waals surface area contributed by atoms with Crippen LogP contribution in [0.1, 0.15) is 39.5 Å². The Morgan fingerprint density at radius 3 is 1.50 bits per heavy atom. The minimum atomic E-state index is 0.714. The summed E-state index contributed by atoms with van der Waals surface area (Å²) < 4.78 is 0. The molecule has 0 amide bonds. The Balaban J connectivity index is 1.89. The summed E-state index contributed by atoms with van der Waals surface area (Å²) in [4.78, 5) is 0. The standard InChI is InChI=1S/C14H32N4/c1-3-15-9-5-11-17-13-7-8-14(13)18-12-6-10-16-4-2/h13-18H,3-12H2,1-2H3/t13-,14+. The van der Waals surface area contributed by atoms with Crippen LogP contribution >= 0.6 is 0 Å². The third kappa shape index (κ3) is 6.69. The van der Waals surface area contributed by atoms with Gasteiger partial charge in [0.25, 0.3) is 0 Å². The molecule has 18 heavy (non-hydrogen) atoms. The topological polar surface area (TPSA) is 48.1 Å². The summed E-state index contributed by atoms with van der Waals surface area (Å²) in [6, 6.07) is 1.43. The highest BCUT2D eigenvalue weighted by atomic mass is 15.0. The second kappa shape index (κ2) is 10.7. The third-order valence-corrected chi connectivity index (χ3v) is 3.65. The lowest BCUT2D eigenvalue weighted by molar-refractivity contribution is 0.238. The lowest BCUT2D eigenvalue weighted by Crippen LogP contribution is -2.55. The first kappa shape index (κ1) is 15.9. The molecule has 4 N–H and O–H groups in total. The SMILES string of the molecule is CCNCCCN[C@H]1CC[C@H]1NCCCNCC. The highest BCUT2D eigenvalue weighted by molar-refractivity contribution is 4.92. The van der Waals surface area contributed by atoms with E-state index in [0.29, 0.717) is 12.1 Å². The van der Waals surface area contributed by atoms with Crippen LogP contribution < -0.4 is 21.3 Å². The average Bonchev–Trinajstić information content (AvgIpc) is 2.36. The molecule has 0 unspecified atom stereocenters. The Morgan fingerprint density at radius 2 is 1.17 bits per heavy atom. The fourth-order valence-electron chi connectivity index (χ4n) is 2.34. The van der Waals surface area contributed by atoms with E-state index in [0.717, 1.165) is 39.3 Å². The summed E-state index contributed by atoms with van der Waals surface area (Å²) in [7, 11) is 0. The van der Waals surface area contributed by atoms with Gasteiger partial charge in [0.15, 0.2) is 0 Å². The Labute approximate surface area is 113 Å². The van der Waals surface area contributed by atoms with E-state index in [-0.39, 0.29) is 0 Å². The number of nitrogens with one attached hydrogen (secondary N) is 4.